The van der Waals surface area contributed by atoms with Crippen LogP contribution in [0.15, 0.2) is 48.5 Å². The number of aliphatic hydroxyl groups excluding tert-OH is 1. The van der Waals surface area contributed by atoms with E-state index in [0.717, 1.165) is 5.56 Å². The Balaban J connectivity index is 1.72. The summed E-state index contributed by atoms with van der Waals surface area (Å²) < 4.78 is 0. The molecule has 1 fully saturated rings. The Bertz CT molecular complexity index is 947. The fourth-order valence-electron chi connectivity index (χ4n) is 4.02. The van der Waals surface area contributed by atoms with E-state index in [2.05, 4.69) is 5.32 Å². The Morgan fingerprint density at radius 2 is 1.61 bits per heavy atom. The van der Waals surface area contributed by atoms with Gasteiger partial charge in [0.2, 0.25) is 5.91 Å². The molecule has 0 aromatic heterocycles. The number of hydrogen-bond acceptors (Lipinski definition) is 4. The SMILES string of the molecule is CC1(C)CN(C(=O)[C@@H](CO)NC(=O)c2ccc(Cl)cc2)CC[C@]1(O)c1ccc(Cl)cc1. The Morgan fingerprint density at radius 3 is 2.13 bits per heavy atom. The number of nitrogens with zero attached hydrogens (tertiary/aromatic N) is 1. The van der Waals surface area contributed by atoms with Crippen molar-refractivity contribution in [1.82, 2.24) is 10.2 Å². The third-order valence-electron chi connectivity index (χ3n) is 5.98. The van der Waals surface area contributed by atoms with Gasteiger partial charge in [-0.1, -0.05) is 49.2 Å². The zero-order valence-corrected chi connectivity index (χ0v) is 19.0. The number of aliphatic hydroxyl groups is 2. The van der Waals surface area contributed by atoms with Crippen LogP contribution in [0, 0.1) is 5.41 Å². The molecule has 2 aromatic rings. The van der Waals surface area contributed by atoms with Gasteiger partial charge in [-0.15, -0.1) is 0 Å². The largest absolute Gasteiger partial charge is 0.394 e. The van der Waals surface area contributed by atoms with E-state index in [-0.39, 0.29) is 13.1 Å². The summed E-state index contributed by atoms with van der Waals surface area (Å²) in [5.41, 5.74) is -0.736. The van der Waals surface area contributed by atoms with Gasteiger partial charge in [0.1, 0.15) is 6.04 Å². The van der Waals surface area contributed by atoms with Crippen LogP contribution >= 0.6 is 23.2 Å². The van der Waals surface area contributed by atoms with Gasteiger partial charge in [-0.3, -0.25) is 9.59 Å². The Hall–Kier alpha value is -2.12. The predicted molar refractivity (Wildman–Crippen MR) is 120 cm³/mol. The van der Waals surface area contributed by atoms with Crippen molar-refractivity contribution in [2.45, 2.75) is 31.9 Å². The van der Waals surface area contributed by atoms with Crippen molar-refractivity contribution in [2.75, 3.05) is 19.7 Å². The number of carbonyl (C=O) groups is 2. The Kier molecular flexibility index (Phi) is 6.96. The van der Waals surface area contributed by atoms with Gasteiger partial charge >= 0.3 is 0 Å². The molecular weight excluding hydrogens is 439 g/mol. The van der Waals surface area contributed by atoms with Gasteiger partial charge in [0.05, 0.1) is 12.2 Å². The second-order valence-electron chi connectivity index (χ2n) is 8.48. The molecule has 0 radical (unpaired) electrons. The van der Waals surface area contributed by atoms with Crippen molar-refractivity contribution in [3.63, 3.8) is 0 Å². The second kappa shape index (κ2) is 9.17. The highest BCUT2D eigenvalue weighted by Crippen LogP contribution is 2.46. The van der Waals surface area contributed by atoms with E-state index in [9.17, 15) is 19.8 Å². The molecule has 1 aliphatic rings. The van der Waals surface area contributed by atoms with Gasteiger partial charge in [-0.25, -0.2) is 0 Å². The van der Waals surface area contributed by atoms with Crippen LogP contribution in [-0.2, 0) is 10.4 Å². The quantitative estimate of drug-likeness (QED) is 0.633. The third kappa shape index (κ3) is 4.88. The summed E-state index contributed by atoms with van der Waals surface area (Å²) in [5.74, 6) is -0.867. The first-order valence-electron chi connectivity index (χ1n) is 10.0. The lowest BCUT2D eigenvalue weighted by Crippen LogP contribution is -2.60. The lowest BCUT2D eigenvalue weighted by atomic mass is 9.66. The molecule has 3 rings (SSSR count). The minimum absolute atomic E-state index is 0.262. The summed E-state index contributed by atoms with van der Waals surface area (Å²) in [6.45, 7) is 3.80. The molecule has 31 heavy (non-hydrogen) atoms. The maximum atomic E-state index is 13.1. The average Bonchev–Trinajstić information content (AvgIpc) is 2.74. The van der Waals surface area contributed by atoms with E-state index in [1.807, 2.05) is 13.8 Å². The first-order chi connectivity index (χ1) is 14.6. The highest BCUT2D eigenvalue weighted by Gasteiger charge is 2.50. The lowest BCUT2D eigenvalue weighted by Gasteiger charge is -2.51. The molecule has 0 unspecified atom stereocenters. The number of halogens is 2. The van der Waals surface area contributed by atoms with E-state index >= 15 is 0 Å². The summed E-state index contributed by atoms with van der Waals surface area (Å²) in [7, 11) is 0. The normalized spacial score (nSPS) is 21.4. The van der Waals surface area contributed by atoms with E-state index in [4.69, 9.17) is 23.2 Å². The number of amides is 2. The summed E-state index contributed by atoms with van der Waals surface area (Å²) in [4.78, 5) is 27.1. The molecule has 6 nitrogen and oxygen atoms in total. The fraction of sp³-hybridized carbons (Fsp3) is 0.391. The topological polar surface area (TPSA) is 89.9 Å². The van der Waals surface area contributed by atoms with Gasteiger partial charge in [-0.05, 0) is 48.4 Å². The van der Waals surface area contributed by atoms with Crippen LogP contribution in [0.1, 0.15) is 36.2 Å². The van der Waals surface area contributed by atoms with Crippen LogP contribution in [0.25, 0.3) is 0 Å². The summed E-state index contributed by atoms with van der Waals surface area (Å²) in [6.07, 6.45) is 0.316. The second-order valence-corrected chi connectivity index (χ2v) is 9.35. The van der Waals surface area contributed by atoms with Crippen molar-refractivity contribution < 1.29 is 19.8 Å². The van der Waals surface area contributed by atoms with Crippen molar-refractivity contribution in [2.24, 2.45) is 5.41 Å². The molecule has 0 aliphatic carbocycles. The third-order valence-corrected chi connectivity index (χ3v) is 6.48. The van der Waals surface area contributed by atoms with Crippen molar-refractivity contribution in [3.8, 4) is 0 Å². The number of rotatable bonds is 5. The zero-order chi connectivity index (χ0) is 22.8. The monoisotopic (exact) mass is 464 g/mol. The Labute approximate surface area is 191 Å². The smallest absolute Gasteiger partial charge is 0.251 e. The summed E-state index contributed by atoms with van der Waals surface area (Å²) in [5, 5.41) is 24.9. The van der Waals surface area contributed by atoms with E-state index in [1.54, 1.807) is 53.4 Å². The average molecular weight is 465 g/mol. The summed E-state index contributed by atoms with van der Waals surface area (Å²) in [6, 6.07) is 12.2. The first kappa shape index (κ1) is 23.5. The van der Waals surface area contributed by atoms with Crippen LogP contribution < -0.4 is 5.32 Å². The van der Waals surface area contributed by atoms with Crippen LogP contribution in [-0.4, -0.2) is 52.7 Å². The van der Waals surface area contributed by atoms with Crippen LogP contribution in [0.2, 0.25) is 10.0 Å². The molecule has 1 aliphatic heterocycles. The number of benzene rings is 2. The van der Waals surface area contributed by atoms with Crippen LogP contribution in [0.3, 0.4) is 0 Å². The standard InChI is InChI=1S/C23H26Cl2N2O4/c1-22(2)14-27(12-11-23(22,31)16-5-9-18(25)10-6-16)21(30)19(13-28)26-20(29)15-3-7-17(24)8-4-15/h3-10,19,28,31H,11-14H2,1-2H3,(H,26,29)/t19-,23+/m1/s1. The molecule has 0 saturated carbocycles. The van der Waals surface area contributed by atoms with Crippen LogP contribution in [0.4, 0.5) is 0 Å². The molecule has 2 atom stereocenters. The van der Waals surface area contributed by atoms with Gasteiger partial charge < -0.3 is 20.4 Å². The van der Waals surface area contributed by atoms with Crippen LogP contribution in [0.5, 0.6) is 0 Å². The number of carbonyl (C=O) groups excluding carboxylic acids is 2. The van der Waals surface area contributed by atoms with E-state index in [1.165, 1.54) is 0 Å². The van der Waals surface area contributed by atoms with Gasteiger partial charge in [0.25, 0.3) is 5.91 Å². The highest BCUT2D eigenvalue weighted by molar-refractivity contribution is 6.30. The first-order valence-corrected chi connectivity index (χ1v) is 10.8. The fourth-order valence-corrected chi connectivity index (χ4v) is 4.27. The number of likely N-dealkylation sites (tertiary alicyclic amines) is 1. The molecule has 3 N–H and O–H groups in total. The summed E-state index contributed by atoms with van der Waals surface area (Å²) >= 11 is 11.8. The number of hydrogen-bond donors (Lipinski definition) is 3. The van der Waals surface area contributed by atoms with Gasteiger partial charge in [-0.2, -0.15) is 0 Å². The zero-order valence-electron chi connectivity index (χ0n) is 17.4. The predicted octanol–water partition coefficient (Wildman–Crippen LogP) is 3.23. The van der Waals surface area contributed by atoms with Gasteiger partial charge in [0.15, 0.2) is 0 Å². The maximum absolute atomic E-state index is 13.1. The molecule has 1 heterocycles. The molecular formula is C23H26Cl2N2O4. The Morgan fingerprint density at radius 1 is 1.06 bits per heavy atom. The maximum Gasteiger partial charge on any atom is 0.251 e. The highest BCUT2D eigenvalue weighted by atomic mass is 35.5. The number of nitrogens with one attached hydrogen (secondary N) is 1. The molecule has 0 bridgehead atoms. The molecule has 1 saturated heterocycles. The molecule has 166 valence electrons. The number of piperidine rings is 1. The molecule has 0 spiro atoms. The van der Waals surface area contributed by atoms with E-state index in [0.29, 0.717) is 22.0 Å². The van der Waals surface area contributed by atoms with Gasteiger partial charge in [0, 0.05) is 34.1 Å². The molecule has 2 aromatic carbocycles. The van der Waals surface area contributed by atoms with Crippen molar-refractivity contribution in [1.29, 1.82) is 0 Å². The van der Waals surface area contributed by atoms with E-state index < -0.39 is 35.5 Å². The lowest BCUT2D eigenvalue weighted by molar-refractivity contribution is -0.155. The minimum atomic E-state index is -1.14. The molecule has 2 amide bonds. The van der Waals surface area contributed by atoms with Crippen molar-refractivity contribution in [3.05, 3.63) is 69.7 Å². The molecule has 8 heteroatoms. The minimum Gasteiger partial charge on any atom is -0.394 e. The van der Waals surface area contributed by atoms with Crippen molar-refractivity contribution >= 4 is 35.0 Å².